The van der Waals surface area contributed by atoms with Gasteiger partial charge in [-0.25, -0.2) is 0 Å². The van der Waals surface area contributed by atoms with E-state index in [2.05, 4.69) is 5.32 Å². The molecule has 0 aliphatic heterocycles. The fourth-order valence-corrected chi connectivity index (χ4v) is 1.73. The molecule has 0 bridgehead atoms. The van der Waals surface area contributed by atoms with Gasteiger partial charge in [0.25, 0.3) is 11.6 Å². The van der Waals surface area contributed by atoms with Crippen LogP contribution in [0.25, 0.3) is 11.3 Å². The number of furan rings is 1. The molecule has 1 aromatic heterocycles. The van der Waals surface area contributed by atoms with E-state index in [9.17, 15) is 14.9 Å². The van der Waals surface area contributed by atoms with Crippen LogP contribution in [-0.2, 0) is 0 Å². The molecule has 0 aliphatic rings. The van der Waals surface area contributed by atoms with Crippen LogP contribution in [0, 0.1) is 10.1 Å². The van der Waals surface area contributed by atoms with Crippen LogP contribution in [0.5, 0.6) is 5.75 Å². The molecule has 0 saturated heterocycles. The molecule has 104 valence electrons. The monoisotopic (exact) mass is 276 g/mol. The van der Waals surface area contributed by atoms with Crippen molar-refractivity contribution in [2.24, 2.45) is 0 Å². The van der Waals surface area contributed by atoms with Gasteiger partial charge in [0, 0.05) is 7.05 Å². The molecule has 7 heteroatoms. The number of carbonyl (C=O) groups is 1. The van der Waals surface area contributed by atoms with E-state index in [1.807, 2.05) is 0 Å². The van der Waals surface area contributed by atoms with Gasteiger partial charge in [-0.05, 0) is 24.3 Å². The molecule has 2 aromatic rings. The van der Waals surface area contributed by atoms with Crippen molar-refractivity contribution in [3.8, 4) is 17.1 Å². The summed E-state index contributed by atoms with van der Waals surface area (Å²) in [6, 6.07) is 7.38. The molecule has 0 spiro atoms. The number of hydrogen-bond acceptors (Lipinski definition) is 5. The second kappa shape index (κ2) is 5.43. The van der Waals surface area contributed by atoms with Crippen molar-refractivity contribution in [1.82, 2.24) is 5.32 Å². The zero-order chi connectivity index (χ0) is 14.7. The second-order valence-electron chi connectivity index (χ2n) is 3.88. The average molecular weight is 276 g/mol. The van der Waals surface area contributed by atoms with E-state index < -0.39 is 10.8 Å². The molecule has 7 nitrogen and oxygen atoms in total. The van der Waals surface area contributed by atoms with Crippen molar-refractivity contribution in [3.05, 3.63) is 46.2 Å². The van der Waals surface area contributed by atoms with E-state index in [1.165, 1.54) is 38.4 Å². The van der Waals surface area contributed by atoms with Gasteiger partial charge in [0.1, 0.15) is 11.5 Å². The quantitative estimate of drug-likeness (QED) is 0.682. The van der Waals surface area contributed by atoms with E-state index in [0.29, 0.717) is 5.75 Å². The van der Waals surface area contributed by atoms with Crippen LogP contribution in [0.2, 0.25) is 0 Å². The molecule has 1 heterocycles. The van der Waals surface area contributed by atoms with Gasteiger partial charge < -0.3 is 14.5 Å². The third-order valence-electron chi connectivity index (χ3n) is 2.72. The lowest BCUT2D eigenvalue weighted by atomic mass is 10.1. The first-order valence-electron chi connectivity index (χ1n) is 5.71. The number of nitro benzene ring substituents is 1. The normalized spacial score (nSPS) is 10.1. The molecular weight excluding hydrogens is 264 g/mol. The zero-order valence-electron chi connectivity index (χ0n) is 10.9. The fraction of sp³-hybridized carbons (Fsp3) is 0.154. The maximum absolute atomic E-state index is 11.4. The molecule has 20 heavy (non-hydrogen) atoms. The van der Waals surface area contributed by atoms with Crippen LogP contribution in [0.4, 0.5) is 5.69 Å². The molecule has 0 saturated carbocycles. The minimum atomic E-state index is -0.528. The van der Waals surface area contributed by atoms with Gasteiger partial charge in [-0.3, -0.25) is 14.9 Å². The lowest BCUT2D eigenvalue weighted by molar-refractivity contribution is -0.384. The summed E-state index contributed by atoms with van der Waals surface area (Å²) >= 11 is 0. The van der Waals surface area contributed by atoms with Crippen molar-refractivity contribution in [1.29, 1.82) is 0 Å². The van der Waals surface area contributed by atoms with Gasteiger partial charge in [-0.1, -0.05) is 0 Å². The van der Waals surface area contributed by atoms with Crippen LogP contribution in [0.3, 0.4) is 0 Å². The first-order chi connectivity index (χ1) is 9.56. The fourth-order valence-electron chi connectivity index (χ4n) is 1.73. The number of methoxy groups -OCH3 is 1. The minimum Gasteiger partial charge on any atom is -0.497 e. The predicted octanol–water partition coefficient (Wildman–Crippen LogP) is 2.22. The van der Waals surface area contributed by atoms with Gasteiger partial charge in [-0.2, -0.15) is 0 Å². The lowest BCUT2D eigenvalue weighted by Gasteiger charge is -2.03. The van der Waals surface area contributed by atoms with E-state index >= 15 is 0 Å². The average Bonchev–Trinajstić information content (AvgIpc) is 2.95. The van der Waals surface area contributed by atoms with E-state index in [0.717, 1.165) is 0 Å². The standard InChI is InChI=1S/C13H12N2O5/c1-14-13(16)12-6-5-11(20-12)9-4-3-8(19-2)7-10(9)15(17)18/h3-7H,1-2H3,(H,14,16). The number of ether oxygens (including phenoxy) is 1. The molecule has 0 fully saturated rings. The number of nitrogens with zero attached hydrogens (tertiary/aromatic N) is 1. The number of amides is 1. The highest BCUT2D eigenvalue weighted by Gasteiger charge is 2.20. The number of benzene rings is 1. The van der Waals surface area contributed by atoms with Gasteiger partial charge >= 0.3 is 0 Å². The third kappa shape index (κ3) is 2.46. The Hall–Kier alpha value is -2.83. The highest BCUT2D eigenvalue weighted by atomic mass is 16.6. The Balaban J connectivity index is 2.49. The largest absolute Gasteiger partial charge is 0.497 e. The Morgan fingerprint density at radius 1 is 1.35 bits per heavy atom. The van der Waals surface area contributed by atoms with E-state index in [-0.39, 0.29) is 22.8 Å². The summed E-state index contributed by atoms with van der Waals surface area (Å²) in [6.45, 7) is 0. The number of hydrogen-bond donors (Lipinski definition) is 1. The molecule has 0 aliphatic carbocycles. The Bertz CT molecular complexity index is 663. The van der Waals surface area contributed by atoms with Crippen molar-refractivity contribution < 1.29 is 18.9 Å². The summed E-state index contributed by atoms with van der Waals surface area (Å²) in [7, 11) is 2.90. The topological polar surface area (TPSA) is 94.6 Å². The maximum atomic E-state index is 11.4. The smallest absolute Gasteiger partial charge is 0.286 e. The highest BCUT2D eigenvalue weighted by Crippen LogP contribution is 2.34. The van der Waals surface area contributed by atoms with Crippen molar-refractivity contribution in [2.45, 2.75) is 0 Å². The predicted molar refractivity (Wildman–Crippen MR) is 70.7 cm³/mol. The Labute approximate surface area is 114 Å². The molecular formula is C13H12N2O5. The number of carbonyl (C=O) groups excluding carboxylic acids is 1. The van der Waals surface area contributed by atoms with E-state index in [1.54, 1.807) is 6.07 Å². The van der Waals surface area contributed by atoms with Gasteiger partial charge in [0.2, 0.25) is 0 Å². The van der Waals surface area contributed by atoms with Crippen molar-refractivity contribution in [3.63, 3.8) is 0 Å². The summed E-state index contributed by atoms with van der Waals surface area (Å²) in [5.41, 5.74) is 0.133. The first kappa shape index (κ1) is 13.6. The SMILES string of the molecule is CNC(=O)c1ccc(-c2ccc(OC)cc2[N+](=O)[O-])o1. The Morgan fingerprint density at radius 3 is 2.70 bits per heavy atom. The summed E-state index contributed by atoms with van der Waals surface area (Å²) < 4.78 is 10.3. The summed E-state index contributed by atoms with van der Waals surface area (Å²) in [4.78, 5) is 22.0. The Kier molecular flexibility index (Phi) is 3.69. The van der Waals surface area contributed by atoms with Gasteiger partial charge in [0.15, 0.2) is 5.76 Å². The van der Waals surface area contributed by atoms with Crippen molar-refractivity contribution >= 4 is 11.6 Å². The molecule has 0 atom stereocenters. The van der Waals surface area contributed by atoms with Crippen LogP contribution in [0.15, 0.2) is 34.7 Å². The molecule has 0 radical (unpaired) electrons. The summed E-state index contributed by atoms with van der Waals surface area (Å²) in [5, 5.41) is 13.5. The van der Waals surface area contributed by atoms with Crippen LogP contribution in [0.1, 0.15) is 10.6 Å². The molecule has 1 N–H and O–H groups in total. The second-order valence-corrected chi connectivity index (χ2v) is 3.88. The molecule has 1 aromatic carbocycles. The number of rotatable bonds is 4. The highest BCUT2D eigenvalue weighted by molar-refractivity contribution is 5.92. The molecule has 2 rings (SSSR count). The number of nitrogens with one attached hydrogen (secondary N) is 1. The van der Waals surface area contributed by atoms with Gasteiger partial charge in [0.05, 0.1) is 23.7 Å². The summed E-state index contributed by atoms with van der Waals surface area (Å²) in [6.07, 6.45) is 0. The van der Waals surface area contributed by atoms with Crippen LogP contribution in [-0.4, -0.2) is 25.0 Å². The first-order valence-corrected chi connectivity index (χ1v) is 5.71. The van der Waals surface area contributed by atoms with E-state index in [4.69, 9.17) is 9.15 Å². The molecule has 0 unspecified atom stereocenters. The lowest BCUT2D eigenvalue weighted by Crippen LogP contribution is -2.16. The van der Waals surface area contributed by atoms with Crippen molar-refractivity contribution in [2.75, 3.05) is 14.2 Å². The molecule has 1 amide bonds. The van der Waals surface area contributed by atoms with Gasteiger partial charge in [-0.15, -0.1) is 0 Å². The zero-order valence-corrected chi connectivity index (χ0v) is 10.9. The Morgan fingerprint density at radius 2 is 2.10 bits per heavy atom. The van der Waals surface area contributed by atoms with Crippen LogP contribution < -0.4 is 10.1 Å². The number of nitro groups is 1. The minimum absolute atomic E-state index is 0.0904. The maximum Gasteiger partial charge on any atom is 0.286 e. The third-order valence-corrected chi connectivity index (χ3v) is 2.72. The summed E-state index contributed by atoms with van der Waals surface area (Å²) in [5.74, 6) is 0.316. The van der Waals surface area contributed by atoms with Crippen LogP contribution >= 0.6 is 0 Å².